The van der Waals surface area contributed by atoms with E-state index in [4.69, 9.17) is 4.74 Å². The van der Waals surface area contributed by atoms with Crippen molar-refractivity contribution in [1.29, 1.82) is 0 Å². The van der Waals surface area contributed by atoms with Crippen LogP contribution in [0.5, 0.6) is 5.75 Å². The van der Waals surface area contributed by atoms with Gasteiger partial charge in [0.05, 0.1) is 23.6 Å². The summed E-state index contributed by atoms with van der Waals surface area (Å²) in [6.45, 7) is 3.56. The maximum absolute atomic E-state index is 13.1. The molecule has 138 valence electrons. The third-order valence-corrected chi connectivity index (χ3v) is 5.68. The van der Waals surface area contributed by atoms with Gasteiger partial charge in [-0.3, -0.25) is 4.79 Å². The molecule has 0 fully saturated rings. The fourth-order valence-electron chi connectivity index (χ4n) is 4.42. The van der Waals surface area contributed by atoms with E-state index in [1.807, 2.05) is 35.2 Å². The Kier molecular flexibility index (Phi) is 3.64. The second kappa shape index (κ2) is 6.05. The molecule has 5 heteroatoms. The van der Waals surface area contributed by atoms with Gasteiger partial charge >= 0.3 is 0 Å². The molecule has 0 bridgehead atoms. The Morgan fingerprint density at radius 3 is 2.93 bits per heavy atom. The SMILES string of the molecule is CCCOc1ccc2[nH]c3c(c2c1)CCN1C(=O)c2ccccc2N(C)[C@H]31. The number of ether oxygens (including phenoxy) is 1. The van der Waals surface area contributed by atoms with Gasteiger partial charge < -0.3 is 19.5 Å². The van der Waals surface area contributed by atoms with Crippen LogP contribution in [0.15, 0.2) is 42.5 Å². The topological polar surface area (TPSA) is 48.6 Å². The Labute approximate surface area is 158 Å². The minimum Gasteiger partial charge on any atom is -0.494 e. The number of nitrogens with one attached hydrogen (secondary N) is 1. The van der Waals surface area contributed by atoms with Crippen LogP contribution in [0.4, 0.5) is 5.69 Å². The predicted octanol–water partition coefficient (Wildman–Crippen LogP) is 4.10. The largest absolute Gasteiger partial charge is 0.494 e. The Hall–Kier alpha value is -2.95. The molecule has 2 aromatic carbocycles. The van der Waals surface area contributed by atoms with Crippen molar-refractivity contribution in [1.82, 2.24) is 9.88 Å². The van der Waals surface area contributed by atoms with Crippen molar-refractivity contribution in [3.63, 3.8) is 0 Å². The van der Waals surface area contributed by atoms with Crippen molar-refractivity contribution in [3.8, 4) is 5.75 Å². The average Bonchev–Trinajstić information content (AvgIpc) is 3.08. The number of aromatic amines is 1. The third kappa shape index (κ3) is 2.34. The van der Waals surface area contributed by atoms with E-state index in [0.717, 1.165) is 54.2 Å². The highest BCUT2D eigenvalue weighted by atomic mass is 16.5. The van der Waals surface area contributed by atoms with E-state index >= 15 is 0 Å². The first kappa shape index (κ1) is 16.2. The first-order chi connectivity index (χ1) is 13.2. The predicted molar refractivity (Wildman–Crippen MR) is 106 cm³/mol. The number of hydrogen-bond acceptors (Lipinski definition) is 3. The Morgan fingerprint density at radius 1 is 1.22 bits per heavy atom. The van der Waals surface area contributed by atoms with E-state index in [0.29, 0.717) is 0 Å². The monoisotopic (exact) mass is 361 g/mol. The lowest BCUT2D eigenvalue weighted by Gasteiger charge is -2.46. The van der Waals surface area contributed by atoms with Gasteiger partial charge in [0.1, 0.15) is 11.9 Å². The maximum Gasteiger partial charge on any atom is 0.257 e. The molecule has 0 unspecified atom stereocenters. The van der Waals surface area contributed by atoms with Crippen LogP contribution in [0.2, 0.25) is 0 Å². The lowest BCUT2D eigenvalue weighted by molar-refractivity contribution is 0.0634. The molecule has 1 N–H and O–H groups in total. The lowest BCUT2D eigenvalue weighted by atomic mass is 9.96. The summed E-state index contributed by atoms with van der Waals surface area (Å²) in [6, 6.07) is 14.1. The van der Waals surface area contributed by atoms with Crippen LogP contribution in [0.3, 0.4) is 0 Å². The van der Waals surface area contributed by atoms with Crippen LogP contribution in [0.1, 0.15) is 41.1 Å². The molecule has 2 aliphatic rings. The summed E-state index contributed by atoms with van der Waals surface area (Å²) in [7, 11) is 2.07. The molecule has 0 radical (unpaired) electrons. The first-order valence-electron chi connectivity index (χ1n) is 9.59. The fraction of sp³-hybridized carbons (Fsp3) is 0.318. The quantitative estimate of drug-likeness (QED) is 0.764. The van der Waals surface area contributed by atoms with Gasteiger partial charge in [-0.2, -0.15) is 0 Å². The second-order valence-electron chi connectivity index (χ2n) is 7.32. The fourth-order valence-corrected chi connectivity index (χ4v) is 4.42. The van der Waals surface area contributed by atoms with Crippen molar-refractivity contribution >= 4 is 22.5 Å². The van der Waals surface area contributed by atoms with Gasteiger partial charge in [0.2, 0.25) is 0 Å². The molecule has 0 saturated heterocycles. The van der Waals surface area contributed by atoms with Gasteiger partial charge in [-0.1, -0.05) is 19.1 Å². The van der Waals surface area contributed by atoms with Crippen molar-refractivity contribution in [2.75, 3.05) is 25.1 Å². The van der Waals surface area contributed by atoms with Gasteiger partial charge in [-0.15, -0.1) is 0 Å². The molecule has 3 heterocycles. The lowest BCUT2D eigenvalue weighted by Crippen LogP contribution is -2.51. The number of carbonyl (C=O) groups excluding carboxylic acids is 1. The molecule has 3 aromatic rings. The Morgan fingerprint density at radius 2 is 2.07 bits per heavy atom. The maximum atomic E-state index is 13.1. The van der Waals surface area contributed by atoms with E-state index in [-0.39, 0.29) is 12.1 Å². The van der Waals surface area contributed by atoms with E-state index in [9.17, 15) is 4.79 Å². The van der Waals surface area contributed by atoms with E-state index in [1.165, 1.54) is 10.9 Å². The summed E-state index contributed by atoms with van der Waals surface area (Å²) in [5.41, 5.74) is 5.29. The third-order valence-electron chi connectivity index (χ3n) is 5.68. The minimum atomic E-state index is -0.0939. The van der Waals surface area contributed by atoms with Gasteiger partial charge in [0.15, 0.2) is 0 Å². The van der Waals surface area contributed by atoms with Crippen LogP contribution >= 0.6 is 0 Å². The highest BCUT2D eigenvalue weighted by molar-refractivity contribution is 6.02. The molecule has 0 aliphatic carbocycles. The van der Waals surface area contributed by atoms with Crippen molar-refractivity contribution in [2.24, 2.45) is 0 Å². The molecule has 2 aliphatic heterocycles. The summed E-state index contributed by atoms with van der Waals surface area (Å²) in [5.74, 6) is 1.02. The summed E-state index contributed by atoms with van der Waals surface area (Å²) >= 11 is 0. The number of para-hydroxylation sites is 1. The first-order valence-corrected chi connectivity index (χ1v) is 9.59. The van der Waals surface area contributed by atoms with Crippen molar-refractivity contribution in [2.45, 2.75) is 25.9 Å². The van der Waals surface area contributed by atoms with Gasteiger partial charge in [0.25, 0.3) is 5.91 Å². The van der Waals surface area contributed by atoms with Crippen LogP contribution in [0.25, 0.3) is 10.9 Å². The van der Waals surface area contributed by atoms with Gasteiger partial charge in [-0.05, 0) is 48.7 Å². The molecule has 5 nitrogen and oxygen atoms in total. The summed E-state index contributed by atoms with van der Waals surface area (Å²) < 4.78 is 5.83. The van der Waals surface area contributed by atoms with Gasteiger partial charge in [-0.25, -0.2) is 0 Å². The van der Waals surface area contributed by atoms with Crippen LogP contribution in [-0.4, -0.2) is 36.0 Å². The van der Waals surface area contributed by atoms with Gasteiger partial charge in [0, 0.05) is 24.5 Å². The molecule has 27 heavy (non-hydrogen) atoms. The number of benzene rings is 2. The number of H-pyrrole nitrogens is 1. The molecular formula is C22H23N3O2. The molecule has 0 spiro atoms. The molecule has 1 aromatic heterocycles. The summed E-state index contributed by atoms with van der Waals surface area (Å²) in [6.07, 6.45) is 1.75. The number of fused-ring (bicyclic) bond motifs is 6. The van der Waals surface area contributed by atoms with Crippen molar-refractivity contribution < 1.29 is 9.53 Å². The van der Waals surface area contributed by atoms with Crippen LogP contribution in [0, 0.1) is 0 Å². The summed E-state index contributed by atoms with van der Waals surface area (Å²) in [4.78, 5) is 20.8. The normalized spacial score (nSPS) is 18.3. The van der Waals surface area contributed by atoms with E-state index < -0.39 is 0 Å². The molecule has 1 atom stereocenters. The highest BCUT2D eigenvalue weighted by Gasteiger charge is 2.41. The highest BCUT2D eigenvalue weighted by Crippen LogP contribution is 2.43. The zero-order valence-electron chi connectivity index (χ0n) is 15.7. The Bertz CT molecular complexity index is 1040. The van der Waals surface area contributed by atoms with E-state index in [2.05, 4.69) is 36.0 Å². The number of amides is 1. The molecular weight excluding hydrogens is 338 g/mol. The van der Waals surface area contributed by atoms with Crippen molar-refractivity contribution in [3.05, 3.63) is 59.3 Å². The van der Waals surface area contributed by atoms with Crippen LogP contribution < -0.4 is 9.64 Å². The second-order valence-corrected chi connectivity index (χ2v) is 7.32. The molecule has 0 saturated carbocycles. The Balaban J connectivity index is 1.62. The number of rotatable bonds is 3. The zero-order chi connectivity index (χ0) is 18.5. The molecule has 5 rings (SSSR count). The number of nitrogens with zero attached hydrogens (tertiary/aromatic N) is 2. The average molecular weight is 361 g/mol. The minimum absolute atomic E-state index is 0.0939. The van der Waals surface area contributed by atoms with E-state index in [1.54, 1.807) is 0 Å². The van der Waals surface area contributed by atoms with Crippen LogP contribution in [-0.2, 0) is 6.42 Å². The standard InChI is InChI=1S/C22H23N3O2/c1-3-12-27-14-8-9-18-17(13-14)15-10-11-25-21(20(15)23-18)24(2)19-7-5-4-6-16(19)22(25)26/h4-9,13,21,23H,3,10-12H2,1-2H3/t21-/m0/s1. The summed E-state index contributed by atoms with van der Waals surface area (Å²) in [5, 5.41) is 1.21. The number of carbonyl (C=O) groups is 1. The molecule has 1 amide bonds. The zero-order valence-corrected chi connectivity index (χ0v) is 15.7. The number of aromatic nitrogens is 1. The number of hydrogen-bond donors (Lipinski definition) is 1. The smallest absolute Gasteiger partial charge is 0.257 e. The number of anilines is 1.